The number of carbonyl (C=O) groups is 1. The lowest BCUT2D eigenvalue weighted by Crippen LogP contribution is -2.27. The van der Waals surface area contributed by atoms with Gasteiger partial charge in [-0.3, -0.25) is 4.79 Å². The first-order valence-corrected chi connectivity index (χ1v) is 13.1. The molecular weight excluding hydrogens is 472 g/mol. The highest BCUT2D eigenvalue weighted by Crippen LogP contribution is 2.47. The standard InChI is InChI=1S/C29H30N2O4S/c1-33-25-15-19(16-26(34-2)29(25)35-3)18-13-23-27(24(32)14-18)28(17-9-11-20(36-4)12-10-17)31-22-8-6-5-7-21(22)30-23/h5-12,15-16,18,28,30-31H,13-14H2,1-4H3/t18-,28-/m1/s1. The van der Waals surface area contributed by atoms with Crippen molar-refractivity contribution in [1.29, 1.82) is 0 Å². The molecule has 5 rings (SSSR count). The van der Waals surface area contributed by atoms with Crippen molar-refractivity contribution >= 4 is 28.9 Å². The molecule has 0 unspecified atom stereocenters. The van der Waals surface area contributed by atoms with Crippen LogP contribution in [0.3, 0.4) is 0 Å². The number of para-hydroxylation sites is 2. The van der Waals surface area contributed by atoms with Gasteiger partial charge >= 0.3 is 0 Å². The molecule has 0 amide bonds. The van der Waals surface area contributed by atoms with Gasteiger partial charge in [-0.2, -0.15) is 0 Å². The van der Waals surface area contributed by atoms with Crippen LogP contribution in [0.4, 0.5) is 11.4 Å². The second-order valence-corrected chi connectivity index (χ2v) is 9.78. The van der Waals surface area contributed by atoms with Crippen LogP contribution < -0.4 is 24.8 Å². The van der Waals surface area contributed by atoms with E-state index in [0.717, 1.165) is 33.8 Å². The summed E-state index contributed by atoms with van der Waals surface area (Å²) in [6.07, 6.45) is 3.15. The molecule has 3 aromatic rings. The van der Waals surface area contributed by atoms with Crippen molar-refractivity contribution in [2.75, 3.05) is 38.2 Å². The summed E-state index contributed by atoms with van der Waals surface area (Å²) in [5.74, 6) is 1.83. The number of rotatable bonds is 6. The normalized spacial score (nSPS) is 18.8. The van der Waals surface area contributed by atoms with Crippen molar-refractivity contribution in [3.63, 3.8) is 0 Å². The van der Waals surface area contributed by atoms with Crippen molar-refractivity contribution in [1.82, 2.24) is 0 Å². The van der Waals surface area contributed by atoms with Gasteiger partial charge in [0.25, 0.3) is 0 Å². The Kier molecular flexibility index (Phi) is 6.83. The van der Waals surface area contributed by atoms with E-state index in [1.54, 1.807) is 33.1 Å². The van der Waals surface area contributed by atoms with E-state index in [4.69, 9.17) is 14.2 Å². The van der Waals surface area contributed by atoms with Crippen LogP contribution in [-0.2, 0) is 4.79 Å². The average Bonchev–Trinajstić information content (AvgIpc) is 3.09. The molecule has 1 heterocycles. The predicted octanol–water partition coefficient (Wildman–Crippen LogP) is 6.41. The van der Waals surface area contributed by atoms with Crippen molar-refractivity contribution in [2.24, 2.45) is 0 Å². The van der Waals surface area contributed by atoms with Gasteiger partial charge in [0.15, 0.2) is 17.3 Å². The van der Waals surface area contributed by atoms with Gasteiger partial charge in [0.2, 0.25) is 5.75 Å². The molecule has 0 fully saturated rings. The predicted molar refractivity (Wildman–Crippen MR) is 145 cm³/mol. The number of thioether (sulfide) groups is 1. The first-order valence-electron chi connectivity index (χ1n) is 11.9. The third-order valence-electron chi connectivity index (χ3n) is 6.92. The number of fused-ring (bicyclic) bond motifs is 1. The number of benzene rings is 3. The molecular formula is C29H30N2O4S. The third-order valence-corrected chi connectivity index (χ3v) is 7.66. The quantitative estimate of drug-likeness (QED) is 0.377. The van der Waals surface area contributed by atoms with Gasteiger partial charge in [0.1, 0.15) is 0 Å². The van der Waals surface area contributed by atoms with Crippen LogP contribution in [-0.4, -0.2) is 33.4 Å². The molecule has 2 aliphatic rings. The van der Waals surface area contributed by atoms with Gasteiger partial charge in [-0.1, -0.05) is 24.3 Å². The number of allylic oxidation sites excluding steroid dienone is 1. The molecule has 2 atom stereocenters. The summed E-state index contributed by atoms with van der Waals surface area (Å²) in [6, 6.07) is 20.2. The first kappa shape index (κ1) is 24.1. The molecule has 186 valence electrons. The van der Waals surface area contributed by atoms with E-state index in [-0.39, 0.29) is 17.7 Å². The number of nitrogens with one attached hydrogen (secondary N) is 2. The van der Waals surface area contributed by atoms with E-state index in [9.17, 15) is 4.79 Å². The molecule has 0 radical (unpaired) electrons. The van der Waals surface area contributed by atoms with Crippen LogP contribution >= 0.6 is 11.8 Å². The summed E-state index contributed by atoms with van der Waals surface area (Å²) < 4.78 is 16.6. The lowest BCUT2D eigenvalue weighted by molar-refractivity contribution is -0.116. The molecule has 0 aromatic heterocycles. The first-order chi connectivity index (χ1) is 17.6. The second-order valence-electron chi connectivity index (χ2n) is 8.90. The molecule has 0 bridgehead atoms. The number of hydrogen-bond acceptors (Lipinski definition) is 7. The smallest absolute Gasteiger partial charge is 0.203 e. The number of Topliss-reactive ketones (excluding diaryl/α,β-unsaturated/α-hetero) is 1. The van der Waals surface area contributed by atoms with Gasteiger partial charge in [0, 0.05) is 22.6 Å². The van der Waals surface area contributed by atoms with Crippen LogP contribution in [0.15, 0.2) is 76.8 Å². The maximum atomic E-state index is 13.8. The maximum Gasteiger partial charge on any atom is 0.203 e. The molecule has 3 aromatic carbocycles. The van der Waals surface area contributed by atoms with Crippen LogP contribution in [0.25, 0.3) is 0 Å². The molecule has 0 saturated heterocycles. The SMILES string of the molecule is COc1cc([C@H]2CC(=O)C3=C(C2)Nc2ccccc2N[C@@H]3c2ccc(SC)cc2)cc(OC)c1OC. The molecule has 2 N–H and O–H groups in total. The summed E-state index contributed by atoms with van der Waals surface area (Å²) in [7, 11) is 4.80. The molecule has 7 heteroatoms. The fourth-order valence-electron chi connectivity index (χ4n) is 5.11. The van der Waals surface area contributed by atoms with Crippen molar-refractivity contribution in [3.05, 3.63) is 83.1 Å². The van der Waals surface area contributed by atoms with E-state index >= 15 is 0 Å². The second kappa shape index (κ2) is 10.2. The zero-order chi connectivity index (χ0) is 25.2. The zero-order valence-electron chi connectivity index (χ0n) is 20.9. The molecule has 0 saturated carbocycles. The highest BCUT2D eigenvalue weighted by Gasteiger charge is 2.36. The Morgan fingerprint density at radius 1 is 0.833 bits per heavy atom. The monoisotopic (exact) mass is 502 g/mol. The van der Waals surface area contributed by atoms with E-state index < -0.39 is 0 Å². The lowest BCUT2D eigenvalue weighted by atomic mass is 9.78. The van der Waals surface area contributed by atoms with Crippen LogP contribution in [0.1, 0.15) is 35.9 Å². The number of carbonyl (C=O) groups excluding carboxylic acids is 1. The van der Waals surface area contributed by atoms with E-state index in [1.165, 1.54) is 4.90 Å². The van der Waals surface area contributed by atoms with Crippen molar-refractivity contribution < 1.29 is 19.0 Å². The number of methoxy groups -OCH3 is 3. The number of ketones is 1. The van der Waals surface area contributed by atoms with E-state index in [1.807, 2.05) is 36.4 Å². The Balaban J connectivity index is 1.58. The fraction of sp³-hybridized carbons (Fsp3) is 0.276. The Morgan fingerprint density at radius 2 is 1.50 bits per heavy atom. The fourth-order valence-corrected chi connectivity index (χ4v) is 5.52. The lowest BCUT2D eigenvalue weighted by Gasteiger charge is -2.30. The summed E-state index contributed by atoms with van der Waals surface area (Å²) in [6.45, 7) is 0. The third kappa shape index (κ3) is 4.39. The Bertz CT molecular complexity index is 1290. The molecule has 1 aliphatic carbocycles. The van der Waals surface area contributed by atoms with E-state index in [0.29, 0.717) is 30.1 Å². The zero-order valence-corrected chi connectivity index (χ0v) is 21.7. The molecule has 1 aliphatic heterocycles. The average molecular weight is 503 g/mol. The largest absolute Gasteiger partial charge is 0.493 e. The highest BCUT2D eigenvalue weighted by atomic mass is 32.2. The Hall–Kier alpha value is -3.58. The molecule has 36 heavy (non-hydrogen) atoms. The highest BCUT2D eigenvalue weighted by molar-refractivity contribution is 7.98. The minimum absolute atomic E-state index is 0.0257. The molecule has 6 nitrogen and oxygen atoms in total. The number of anilines is 2. The van der Waals surface area contributed by atoms with E-state index in [2.05, 4.69) is 41.2 Å². The van der Waals surface area contributed by atoms with Gasteiger partial charge in [0.05, 0.1) is 38.7 Å². The van der Waals surface area contributed by atoms with Crippen LogP contribution in [0.5, 0.6) is 17.2 Å². The summed E-state index contributed by atoms with van der Waals surface area (Å²) >= 11 is 1.71. The Labute approximate surface area is 216 Å². The maximum absolute atomic E-state index is 13.8. The van der Waals surface area contributed by atoms with Gasteiger partial charge in [-0.05, 0) is 66.1 Å². The van der Waals surface area contributed by atoms with Gasteiger partial charge in [-0.15, -0.1) is 11.8 Å². The van der Waals surface area contributed by atoms with Crippen LogP contribution in [0, 0.1) is 0 Å². The molecule has 0 spiro atoms. The Morgan fingerprint density at radius 3 is 2.11 bits per heavy atom. The topological polar surface area (TPSA) is 68.8 Å². The van der Waals surface area contributed by atoms with Gasteiger partial charge in [-0.25, -0.2) is 0 Å². The summed E-state index contributed by atoms with van der Waals surface area (Å²) in [5, 5.41) is 7.24. The van der Waals surface area contributed by atoms with Crippen molar-refractivity contribution in [2.45, 2.75) is 29.7 Å². The summed E-state index contributed by atoms with van der Waals surface area (Å²) in [5.41, 5.74) is 5.73. The minimum atomic E-state index is -0.236. The van der Waals surface area contributed by atoms with Crippen molar-refractivity contribution in [3.8, 4) is 17.2 Å². The summed E-state index contributed by atoms with van der Waals surface area (Å²) in [4.78, 5) is 15.0. The van der Waals surface area contributed by atoms with Gasteiger partial charge < -0.3 is 24.8 Å². The number of hydrogen-bond donors (Lipinski definition) is 2. The number of ether oxygens (including phenoxy) is 3. The van der Waals surface area contributed by atoms with Crippen LogP contribution in [0.2, 0.25) is 0 Å². The minimum Gasteiger partial charge on any atom is -0.493 e.